The Balaban J connectivity index is 0.730. The van der Waals surface area contributed by atoms with Gasteiger partial charge in [-0.3, -0.25) is 14.5 Å². The van der Waals surface area contributed by atoms with Crippen molar-refractivity contribution < 1.29 is 27.5 Å². The quantitative estimate of drug-likeness (QED) is 0.0999. The van der Waals surface area contributed by atoms with Gasteiger partial charge < -0.3 is 25.2 Å². The van der Waals surface area contributed by atoms with Crippen LogP contribution in [0, 0.1) is 22.2 Å². The first kappa shape index (κ1) is 48.9. The number of amides is 2. The van der Waals surface area contributed by atoms with Gasteiger partial charge in [-0.2, -0.15) is 18.4 Å². The number of piperidine rings is 1. The molecular formula is C51H61ClF3N7O3S. The van der Waals surface area contributed by atoms with Gasteiger partial charge in [0.25, 0.3) is 5.91 Å². The molecule has 1 aromatic heterocycles. The fourth-order valence-corrected chi connectivity index (χ4v) is 11.3. The maximum absolute atomic E-state index is 13.5. The number of carbonyl (C=O) groups excluding carboxylic acids is 2. The number of thioether (sulfide) groups is 1. The number of hydrogen-bond acceptors (Lipinski definition) is 9. The molecule has 4 aromatic rings. The molecule has 0 atom stereocenters. The van der Waals surface area contributed by atoms with Crippen LogP contribution >= 0.6 is 23.4 Å². The minimum Gasteiger partial charge on any atom is -0.489 e. The highest BCUT2D eigenvalue weighted by atomic mass is 35.5. The molecule has 352 valence electrons. The summed E-state index contributed by atoms with van der Waals surface area (Å²) < 4.78 is 45.8. The van der Waals surface area contributed by atoms with Gasteiger partial charge in [0.1, 0.15) is 23.7 Å². The number of nitriles is 1. The second kappa shape index (κ2) is 21.3. The highest BCUT2D eigenvalue weighted by molar-refractivity contribution is 8.00. The van der Waals surface area contributed by atoms with Crippen molar-refractivity contribution >= 4 is 46.7 Å². The van der Waals surface area contributed by atoms with E-state index in [1.165, 1.54) is 6.20 Å². The van der Waals surface area contributed by atoms with Gasteiger partial charge in [0.05, 0.1) is 16.1 Å². The molecule has 2 amide bonds. The van der Waals surface area contributed by atoms with E-state index in [2.05, 4.69) is 71.3 Å². The van der Waals surface area contributed by atoms with Crippen LogP contribution in [0.2, 0.25) is 5.02 Å². The highest BCUT2D eigenvalue weighted by Gasteiger charge is 2.64. The summed E-state index contributed by atoms with van der Waals surface area (Å²) in [6.45, 7) is 15.1. The lowest BCUT2D eigenvalue weighted by atomic mass is 9.49. The first-order chi connectivity index (χ1) is 31.5. The topological polar surface area (TPSA) is 114 Å². The number of carbonyl (C=O) groups is 2. The lowest BCUT2D eigenvalue weighted by Crippen LogP contribution is -2.74. The van der Waals surface area contributed by atoms with Gasteiger partial charge in [-0.1, -0.05) is 64.3 Å². The van der Waals surface area contributed by atoms with Gasteiger partial charge in [0, 0.05) is 103 Å². The van der Waals surface area contributed by atoms with Gasteiger partial charge in [0.15, 0.2) is 0 Å². The van der Waals surface area contributed by atoms with E-state index < -0.39 is 11.7 Å². The fraction of sp³-hybridized carbons (Fsp3) is 0.490. The van der Waals surface area contributed by atoms with Gasteiger partial charge in [-0.15, -0.1) is 11.8 Å². The zero-order valence-corrected chi connectivity index (χ0v) is 39.9. The largest absolute Gasteiger partial charge is 0.489 e. The average molecular weight is 945 g/mol. The van der Waals surface area contributed by atoms with E-state index in [9.17, 15) is 28.0 Å². The van der Waals surface area contributed by atoms with Crippen LogP contribution in [0.4, 0.5) is 24.7 Å². The molecule has 3 aliphatic rings. The molecule has 3 fully saturated rings. The summed E-state index contributed by atoms with van der Waals surface area (Å²) in [5.74, 6) is 0.940. The smallest absolute Gasteiger partial charge is 0.416 e. The molecule has 1 saturated carbocycles. The van der Waals surface area contributed by atoms with Crippen molar-refractivity contribution in [2.45, 2.75) is 108 Å². The maximum Gasteiger partial charge on any atom is 0.416 e. The molecule has 0 bridgehead atoms. The number of hydrogen-bond donors (Lipinski definition) is 2. The number of anilines is 2. The molecule has 66 heavy (non-hydrogen) atoms. The lowest BCUT2D eigenvalue weighted by Gasteiger charge is -2.63. The Morgan fingerprint density at radius 1 is 0.864 bits per heavy atom. The van der Waals surface area contributed by atoms with Crippen molar-refractivity contribution in [3.8, 4) is 11.8 Å². The van der Waals surface area contributed by atoms with E-state index in [-0.39, 0.29) is 34.8 Å². The summed E-state index contributed by atoms with van der Waals surface area (Å²) in [7, 11) is 0. The van der Waals surface area contributed by atoms with Gasteiger partial charge in [-0.25, -0.2) is 4.98 Å². The zero-order valence-electron chi connectivity index (χ0n) is 38.3. The molecule has 1 aliphatic carbocycles. The van der Waals surface area contributed by atoms with Crippen molar-refractivity contribution in [2.24, 2.45) is 10.8 Å². The Morgan fingerprint density at radius 2 is 1.55 bits per heavy atom. The van der Waals surface area contributed by atoms with Crippen LogP contribution < -0.4 is 25.2 Å². The SMILES string of the molecule is CC1(C)C(NC(=O)c2ccc(N3CCN(CCCCCCC(=O)NCc4ccc(SC5CCN(c6cc(C(F)(F)F)ccn6)CC5)cc4)CC3)cc2)C(C)(C)C1Oc1ccc(C#N)c(Cl)c1. The van der Waals surface area contributed by atoms with Crippen molar-refractivity contribution in [3.05, 3.63) is 112 Å². The zero-order chi connectivity index (χ0) is 47.1. The maximum atomic E-state index is 13.5. The Labute approximate surface area is 396 Å². The molecule has 10 nitrogen and oxygen atoms in total. The number of rotatable bonds is 17. The van der Waals surface area contributed by atoms with Crippen molar-refractivity contribution in [1.82, 2.24) is 20.5 Å². The minimum absolute atomic E-state index is 0.0681. The second-order valence-corrected chi connectivity index (χ2v) is 20.7. The fourth-order valence-electron chi connectivity index (χ4n) is 9.98. The van der Waals surface area contributed by atoms with E-state index in [4.69, 9.17) is 16.3 Å². The van der Waals surface area contributed by atoms with Crippen LogP contribution in [0.5, 0.6) is 5.75 Å². The van der Waals surface area contributed by atoms with Crippen LogP contribution in [0.25, 0.3) is 0 Å². The molecule has 7 rings (SSSR count). The number of nitrogens with one attached hydrogen (secondary N) is 2. The van der Waals surface area contributed by atoms with E-state index in [1.54, 1.807) is 30.0 Å². The molecule has 3 aromatic carbocycles. The lowest BCUT2D eigenvalue weighted by molar-refractivity contribution is -0.164. The number of nitrogens with zero attached hydrogens (tertiary/aromatic N) is 5. The summed E-state index contributed by atoms with van der Waals surface area (Å²) in [4.78, 5) is 38.2. The summed E-state index contributed by atoms with van der Waals surface area (Å²) >= 11 is 8.05. The Bertz CT molecular complexity index is 2310. The number of ether oxygens (including phenoxy) is 1. The predicted molar refractivity (Wildman–Crippen MR) is 256 cm³/mol. The number of piperazine rings is 1. The molecule has 2 N–H and O–H groups in total. The van der Waals surface area contributed by atoms with Gasteiger partial charge in [0.2, 0.25) is 5.91 Å². The minimum atomic E-state index is -4.38. The van der Waals surface area contributed by atoms with E-state index in [0.717, 1.165) is 99.5 Å². The molecule has 0 unspecified atom stereocenters. The average Bonchev–Trinajstić information content (AvgIpc) is 3.31. The summed E-state index contributed by atoms with van der Waals surface area (Å²) in [5, 5.41) is 16.3. The predicted octanol–water partition coefficient (Wildman–Crippen LogP) is 10.4. The van der Waals surface area contributed by atoms with Gasteiger partial charge in [-0.05, 0) is 98.5 Å². The van der Waals surface area contributed by atoms with Crippen molar-refractivity contribution in [3.63, 3.8) is 0 Å². The summed E-state index contributed by atoms with van der Waals surface area (Å²) in [6, 6.07) is 25.3. The normalized spacial score (nSPS) is 19.7. The monoisotopic (exact) mass is 943 g/mol. The van der Waals surface area contributed by atoms with E-state index in [1.807, 2.05) is 41.3 Å². The van der Waals surface area contributed by atoms with E-state index >= 15 is 0 Å². The van der Waals surface area contributed by atoms with E-state index in [0.29, 0.717) is 59.0 Å². The first-order valence-corrected chi connectivity index (χ1v) is 24.3. The van der Waals surface area contributed by atoms with Crippen molar-refractivity contribution in [2.75, 3.05) is 55.6 Å². The summed E-state index contributed by atoms with van der Waals surface area (Å²) in [5.41, 5.74) is 1.83. The Hall–Kier alpha value is -4.97. The van der Waals surface area contributed by atoms with Crippen LogP contribution in [0.1, 0.15) is 99.7 Å². The molecule has 3 heterocycles. The highest BCUT2D eigenvalue weighted by Crippen LogP contribution is 2.55. The van der Waals surface area contributed by atoms with Crippen LogP contribution in [0.3, 0.4) is 0 Å². The number of alkyl halides is 3. The number of unbranched alkanes of at least 4 members (excludes halogenated alkanes) is 3. The van der Waals surface area contributed by atoms with Crippen LogP contribution in [-0.2, 0) is 17.5 Å². The van der Waals surface area contributed by atoms with Gasteiger partial charge >= 0.3 is 6.18 Å². The Kier molecular flexibility index (Phi) is 15.8. The molecule has 2 saturated heterocycles. The third-order valence-corrected chi connectivity index (χ3v) is 15.1. The second-order valence-electron chi connectivity index (χ2n) is 19.0. The van der Waals surface area contributed by atoms with Crippen LogP contribution in [-0.4, -0.2) is 84.9 Å². The number of benzene rings is 3. The molecule has 0 radical (unpaired) electrons. The molecule has 0 spiro atoms. The Morgan fingerprint density at radius 3 is 2.20 bits per heavy atom. The number of aromatic nitrogens is 1. The number of pyridine rings is 1. The summed E-state index contributed by atoms with van der Waals surface area (Å²) in [6.07, 6.45) is 3.00. The van der Waals surface area contributed by atoms with Crippen LogP contribution in [0.15, 0.2) is 90.0 Å². The third-order valence-electron chi connectivity index (χ3n) is 13.5. The molecule has 15 heteroatoms. The molecular weight excluding hydrogens is 883 g/mol. The third kappa shape index (κ3) is 12.1. The number of halogens is 4. The standard InChI is InChI=1S/C51H61ClF3N7O3S/c1-49(2)47(50(3,4)48(49)65-40-17-14-37(33-56)43(52)32-40)59-46(64)36-12-15-39(16-13-36)61-29-27-60(28-30-61)24-8-6-5-7-9-45(63)58-34-35-10-18-41(19-11-35)66-42-21-25-62(26-22-42)44-31-38(20-23-57-44)51(53,54)55/h10-20,23,31-32,42,47-48H,5-9,21-22,24-30,34H2,1-4H3,(H,58,63)(H,59,64). The first-order valence-electron chi connectivity index (χ1n) is 23.1. The van der Waals surface area contributed by atoms with Crippen molar-refractivity contribution in [1.29, 1.82) is 5.26 Å². The molecule has 2 aliphatic heterocycles.